The van der Waals surface area contributed by atoms with Gasteiger partial charge in [-0.05, 0) is 37.5 Å². The van der Waals surface area contributed by atoms with Gasteiger partial charge in [0.2, 0.25) is 5.91 Å². The second kappa shape index (κ2) is 8.91. The monoisotopic (exact) mass is 396 g/mol. The summed E-state index contributed by atoms with van der Waals surface area (Å²) in [7, 11) is 0. The van der Waals surface area contributed by atoms with Crippen LogP contribution in [0.1, 0.15) is 58.4 Å². The van der Waals surface area contributed by atoms with Gasteiger partial charge in [-0.15, -0.1) is 12.4 Å². The minimum atomic E-state index is -0.906. The molecule has 2 unspecified atom stereocenters. The van der Waals surface area contributed by atoms with Crippen molar-refractivity contribution < 1.29 is 14.3 Å². The van der Waals surface area contributed by atoms with E-state index in [1.165, 1.54) is 25.7 Å². The first-order chi connectivity index (χ1) is 12.4. The van der Waals surface area contributed by atoms with Crippen LogP contribution >= 0.6 is 12.4 Å². The summed E-state index contributed by atoms with van der Waals surface area (Å²) in [4.78, 5) is 12.8. The maximum absolute atomic E-state index is 12.8. The average molecular weight is 397 g/mol. The number of benzene rings is 1. The van der Waals surface area contributed by atoms with E-state index < -0.39 is 5.54 Å². The van der Waals surface area contributed by atoms with Gasteiger partial charge in [-0.3, -0.25) is 4.79 Å². The number of halogens is 1. The Labute approximate surface area is 168 Å². The average Bonchev–Trinajstić information content (AvgIpc) is 3.14. The van der Waals surface area contributed by atoms with Crippen LogP contribution in [-0.2, 0) is 20.9 Å². The number of rotatable bonds is 7. The normalized spacial score (nSPS) is 26.9. The van der Waals surface area contributed by atoms with Crippen LogP contribution in [0.25, 0.3) is 0 Å². The quantitative estimate of drug-likeness (QED) is 0.729. The Balaban J connectivity index is 0.00000261. The van der Waals surface area contributed by atoms with Gasteiger partial charge in [0.1, 0.15) is 5.54 Å². The third-order valence-corrected chi connectivity index (χ3v) is 6.23. The zero-order chi connectivity index (χ0) is 18.8. The summed E-state index contributed by atoms with van der Waals surface area (Å²) >= 11 is 0. The summed E-state index contributed by atoms with van der Waals surface area (Å²) in [5.41, 5.74) is 7.02. The molecule has 0 saturated heterocycles. The second-order valence-corrected chi connectivity index (χ2v) is 8.21. The summed E-state index contributed by atoms with van der Waals surface area (Å²) < 4.78 is 11.6. The number of ether oxygens (including phenoxy) is 2. The Morgan fingerprint density at radius 2 is 1.81 bits per heavy atom. The van der Waals surface area contributed by atoms with Crippen molar-refractivity contribution in [3.8, 4) is 0 Å². The molecule has 0 radical (unpaired) electrons. The highest BCUT2D eigenvalue weighted by Crippen LogP contribution is 2.50. The van der Waals surface area contributed by atoms with E-state index in [2.05, 4.69) is 5.32 Å². The lowest BCUT2D eigenvalue weighted by Gasteiger charge is -2.57. The molecule has 152 valence electrons. The van der Waals surface area contributed by atoms with Crippen LogP contribution in [-0.4, -0.2) is 30.3 Å². The highest BCUT2D eigenvalue weighted by atomic mass is 35.5. The predicted molar refractivity (Wildman–Crippen MR) is 110 cm³/mol. The van der Waals surface area contributed by atoms with Gasteiger partial charge in [0.05, 0.1) is 18.8 Å². The molecule has 3 N–H and O–H groups in total. The van der Waals surface area contributed by atoms with Crippen molar-refractivity contribution in [3.05, 3.63) is 29.8 Å². The van der Waals surface area contributed by atoms with E-state index in [4.69, 9.17) is 15.2 Å². The molecule has 3 rings (SSSR count). The van der Waals surface area contributed by atoms with E-state index in [1.807, 2.05) is 45.0 Å². The van der Waals surface area contributed by atoms with Crippen molar-refractivity contribution in [3.63, 3.8) is 0 Å². The second-order valence-electron chi connectivity index (χ2n) is 8.21. The van der Waals surface area contributed by atoms with E-state index in [-0.39, 0.29) is 29.8 Å². The Hall–Kier alpha value is -1.14. The first-order valence-corrected chi connectivity index (χ1v) is 9.79. The lowest BCUT2D eigenvalue weighted by atomic mass is 9.54. The third kappa shape index (κ3) is 4.48. The number of hydrogen-bond donors (Lipinski definition) is 2. The number of nitrogens with one attached hydrogen (secondary N) is 1. The molecule has 2 saturated carbocycles. The minimum Gasteiger partial charge on any atom is -0.378 e. The lowest BCUT2D eigenvalue weighted by Crippen LogP contribution is -2.74. The van der Waals surface area contributed by atoms with Gasteiger partial charge in [-0.1, -0.05) is 38.8 Å². The Morgan fingerprint density at radius 3 is 2.37 bits per heavy atom. The summed E-state index contributed by atoms with van der Waals surface area (Å²) in [5, 5.41) is 2.97. The Morgan fingerprint density at radius 1 is 1.19 bits per heavy atom. The maximum Gasteiger partial charge on any atom is 0.245 e. The van der Waals surface area contributed by atoms with Crippen molar-refractivity contribution in [2.45, 2.75) is 77.2 Å². The predicted octanol–water partition coefficient (Wildman–Crippen LogP) is 4.04. The highest BCUT2D eigenvalue weighted by Gasteiger charge is 2.62. The van der Waals surface area contributed by atoms with Crippen LogP contribution in [0.15, 0.2) is 24.3 Å². The van der Waals surface area contributed by atoms with Crippen LogP contribution in [0, 0.1) is 5.41 Å². The fourth-order valence-corrected chi connectivity index (χ4v) is 4.02. The molecule has 1 aromatic carbocycles. The SMILES string of the molecule is CCOC1CC(N)(C(=O)Nc2ccc(COC3CCCC3)cc2)C1(C)C.Cl. The van der Waals surface area contributed by atoms with Crippen LogP contribution in [0.3, 0.4) is 0 Å². The third-order valence-electron chi connectivity index (χ3n) is 6.23. The largest absolute Gasteiger partial charge is 0.378 e. The molecular formula is C21H33ClN2O3. The summed E-state index contributed by atoms with van der Waals surface area (Å²) in [5.74, 6) is -0.145. The van der Waals surface area contributed by atoms with E-state index in [0.29, 0.717) is 25.7 Å². The maximum atomic E-state index is 12.8. The zero-order valence-electron chi connectivity index (χ0n) is 16.6. The van der Waals surface area contributed by atoms with Crippen molar-refractivity contribution in [1.29, 1.82) is 0 Å². The van der Waals surface area contributed by atoms with E-state index in [0.717, 1.165) is 11.3 Å². The molecule has 2 fully saturated rings. The van der Waals surface area contributed by atoms with Crippen molar-refractivity contribution in [1.82, 2.24) is 0 Å². The number of carbonyl (C=O) groups is 1. The van der Waals surface area contributed by atoms with Crippen molar-refractivity contribution in [2.24, 2.45) is 11.1 Å². The number of carbonyl (C=O) groups excluding carboxylic acids is 1. The number of amides is 1. The van der Waals surface area contributed by atoms with Crippen LogP contribution in [0.4, 0.5) is 5.69 Å². The molecule has 5 nitrogen and oxygen atoms in total. The molecular weight excluding hydrogens is 364 g/mol. The molecule has 0 heterocycles. The summed E-state index contributed by atoms with van der Waals surface area (Å²) in [6.45, 7) is 7.23. The van der Waals surface area contributed by atoms with Gasteiger partial charge in [-0.2, -0.15) is 0 Å². The van der Waals surface area contributed by atoms with Crippen LogP contribution in [0.5, 0.6) is 0 Å². The van der Waals surface area contributed by atoms with Gasteiger partial charge < -0.3 is 20.5 Å². The van der Waals surface area contributed by atoms with Crippen LogP contribution < -0.4 is 11.1 Å². The standard InChI is InChI=1S/C21H32N2O3.ClH/c1-4-25-18-13-21(22,20(18,2)3)19(24)23-16-11-9-15(10-12-16)14-26-17-7-5-6-8-17;/h9-12,17-18H,4-8,13-14,22H2,1-3H3,(H,23,24);1H. The minimum absolute atomic E-state index is 0. The van der Waals surface area contributed by atoms with E-state index >= 15 is 0 Å². The van der Waals surface area contributed by atoms with Gasteiger partial charge in [0, 0.05) is 24.1 Å². The lowest BCUT2D eigenvalue weighted by molar-refractivity contribution is -0.166. The number of anilines is 1. The fourth-order valence-electron chi connectivity index (χ4n) is 4.02. The van der Waals surface area contributed by atoms with Crippen molar-refractivity contribution in [2.75, 3.05) is 11.9 Å². The zero-order valence-corrected chi connectivity index (χ0v) is 17.4. The molecule has 0 bridgehead atoms. The fraction of sp³-hybridized carbons (Fsp3) is 0.667. The van der Waals surface area contributed by atoms with Gasteiger partial charge in [0.25, 0.3) is 0 Å². The van der Waals surface area contributed by atoms with Gasteiger partial charge in [0.15, 0.2) is 0 Å². The van der Waals surface area contributed by atoms with E-state index in [9.17, 15) is 4.79 Å². The van der Waals surface area contributed by atoms with Crippen LogP contribution in [0.2, 0.25) is 0 Å². The first-order valence-electron chi connectivity index (χ1n) is 9.79. The summed E-state index contributed by atoms with van der Waals surface area (Å²) in [6.07, 6.45) is 5.88. The molecule has 0 spiro atoms. The topological polar surface area (TPSA) is 73.6 Å². The first kappa shape index (κ1) is 22.2. The highest BCUT2D eigenvalue weighted by molar-refractivity contribution is 5.99. The molecule has 0 aliphatic heterocycles. The smallest absolute Gasteiger partial charge is 0.245 e. The Kier molecular flexibility index (Phi) is 7.31. The number of hydrogen-bond acceptors (Lipinski definition) is 4. The molecule has 2 aliphatic carbocycles. The number of nitrogens with two attached hydrogens (primary N) is 1. The van der Waals surface area contributed by atoms with E-state index in [1.54, 1.807) is 0 Å². The molecule has 2 aliphatic rings. The summed E-state index contributed by atoms with van der Waals surface area (Å²) in [6, 6.07) is 7.84. The Bertz CT molecular complexity index is 629. The molecule has 1 amide bonds. The van der Waals surface area contributed by atoms with Gasteiger partial charge in [-0.25, -0.2) is 0 Å². The molecule has 1 aromatic rings. The molecule has 2 atom stereocenters. The van der Waals surface area contributed by atoms with Gasteiger partial charge >= 0.3 is 0 Å². The molecule has 6 heteroatoms. The molecule has 0 aromatic heterocycles. The molecule has 27 heavy (non-hydrogen) atoms. The van der Waals surface area contributed by atoms with Crippen molar-refractivity contribution >= 4 is 24.0 Å².